The van der Waals surface area contributed by atoms with E-state index in [1.165, 1.54) is 45.2 Å². The van der Waals surface area contributed by atoms with E-state index in [9.17, 15) is 5.26 Å². The molecule has 0 aromatic heterocycles. The maximum absolute atomic E-state index is 9.53. The van der Waals surface area contributed by atoms with Crippen molar-refractivity contribution in [3.63, 3.8) is 0 Å². The second kappa shape index (κ2) is 4.83. The largest absolute Gasteiger partial charge is 0.300 e. The molecule has 100 valence electrons. The maximum atomic E-state index is 9.53. The van der Waals surface area contributed by atoms with Crippen molar-refractivity contribution in [1.29, 1.82) is 5.26 Å². The molecule has 0 spiro atoms. The first kappa shape index (κ1) is 12.4. The first-order chi connectivity index (χ1) is 8.71. The Kier molecular flexibility index (Phi) is 3.34. The Balaban J connectivity index is 1.60. The summed E-state index contributed by atoms with van der Waals surface area (Å²) in [4.78, 5) is 2.65. The second-order valence-electron chi connectivity index (χ2n) is 6.75. The number of rotatable bonds is 3. The highest BCUT2D eigenvalue weighted by Crippen LogP contribution is 2.37. The van der Waals surface area contributed by atoms with Gasteiger partial charge in [-0.25, -0.2) is 0 Å². The Hall–Kier alpha value is -0.590. The van der Waals surface area contributed by atoms with Gasteiger partial charge in [0.1, 0.15) is 5.54 Å². The summed E-state index contributed by atoms with van der Waals surface area (Å²) in [7, 11) is 0. The molecule has 3 unspecified atom stereocenters. The molecule has 3 aliphatic rings. The first-order valence-corrected chi connectivity index (χ1v) is 7.64. The lowest BCUT2D eigenvalue weighted by Crippen LogP contribution is -2.46. The predicted molar refractivity (Wildman–Crippen MR) is 72.1 cm³/mol. The molecular weight excluding hydrogens is 222 g/mol. The van der Waals surface area contributed by atoms with E-state index in [1.807, 2.05) is 0 Å². The summed E-state index contributed by atoms with van der Waals surface area (Å²) in [5.74, 6) is 0.840. The highest BCUT2D eigenvalue weighted by molar-refractivity contribution is 5.15. The number of hydrogen-bond acceptors (Lipinski definition) is 3. The Morgan fingerprint density at radius 1 is 1.28 bits per heavy atom. The standard InChI is InChI=1S/C15H25N3/c1-12-3-2-8-18(10-12)14-6-7-15(9-14,11-16)17-13-4-5-13/h12-14,17H,2-10H2,1H3. The van der Waals surface area contributed by atoms with Gasteiger partial charge in [-0.15, -0.1) is 0 Å². The van der Waals surface area contributed by atoms with Gasteiger partial charge in [-0.05, 0) is 57.4 Å². The van der Waals surface area contributed by atoms with Crippen LogP contribution in [0.5, 0.6) is 0 Å². The first-order valence-electron chi connectivity index (χ1n) is 7.64. The highest BCUT2D eigenvalue weighted by Gasteiger charge is 2.44. The monoisotopic (exact) mass is 247 g/mol. The molecule has 1 saturated heterocycles. The number of nitrogens with one attached hydrogen (secondary N) is 1. The number of piperidine rings is 1. The molecule has 0 aromatic rings. The van der Waals surface area contributed by atoms with Gasteiger partial charge in [0.05, 0.1) is 6.07 Å². The van der Waals surface area contributed by atoms with Crippen LogP contribution in [0.25, 0.3) is 0 Å². The predicted octanol–water partition coefficient (Wildman–Crippen LogP) is 2.29. The molecule has 2 aliphatic carbocycles. The number of nitriles is 1. The lowest BCUT2D eigenvalue weighted by Gasteiger charge is -2.36. The molecule has 0 bridgehead atoms. The summed E-state index contributed by atoms with van der Waals surface area (Å²) >= 11 is 0. The number of hydrogen-bond donors (Lipinski definition) is 1. The van der Waals surface area contributed by atoms with Gasteiger partial charge in [0, 0.05) is 18.6 Å². The average Bonchev–Trinajstić information content (AvgIpc) is 3.07. The topological polar surface area (TPSA) is 39.1 Å². The van der Waals surface area contributed by atoms with Crippen molar-refractivity contribution in [3.05, 3.63) is 0 Å². The minimum Gasteiger partial charge on any atom is -0.300 e. The summed E-state index contributed by atoms with van der Waals surface area (Å²) in [5, 5.41) is 13.1. The lowest BCUT2D eigenvalue weighted by molar-refractivity contribution is 0.128. The van der Waals surface area contributed by atoms with Gasteiger partial charge < -0.3 is 4.90 Å². The summed E-state index contributed by atoms with van der Waals surface area (Å²) in [5.41, 5.74) is -0.202. The van der Waals surface area contributed by atoms with Crippen molar-refractivity contribution >= 4 is 0 Å². The molecule has 0 amide bonds. The fraction of sp³-hybridized carbons (Fsp3) is 0.933. The average molecular weight is 247 g/mol. The normalized spacial score (nSPS) is 41.8. The molecule has 3 rings (SSSR count). The lowest BCUT2D eigenvalue weighted by atomic mass is 9.96. The third-order valence-corrected chi connectivity index (χ3v) is 4.97. The van der Waals surface area contributed by atoms with E-state index in [4.69, 9.17) is 0 Å². The fourth-order valence-corrected chi connectivity index (χ4v) is 3.77. The second-order valence-corrected chi connectivity index (χ2v) is 6.75. The van der Waals surface area contributed by atoms with E-state index in [-0.39, 0.29) is 5.54 Å². The van der Waals surface area contributed by atoms with Crippen LogP contribution in [0.2, 0.25) is 0 Å². The molecule has 1 N–H and O–H groups in total. The Morgan fingerprint density at radius 3 is 2.78 bits per heavy atom. The zero-order chi connectivity index (χ0) is 12.6. The zero-order valence-corrected chi connectivity index (χ0v) is 11.5. The fourth-order valence-electron chi connectivity index (χ4n) is 3.77. The Morgan fingerprint density at radius 2 is 2.11 bits per heavy atom. The molecular formula is C15H25N3. The van der Waals surface area contributed by atoms with Crippen LogP contribution in [0, 0.1) is 17.2 Å². The van der Waals surface area contributed by atoms with E-state index in [2.05, 4.69) is 23.2 Å². The van der Waals surface area contributed by atoms with Crippen molar-refractivity contribution in [3.8, 4) is 6.07 Å². The van der Waals surface area contributed by atoms with Crippen LogP contribution in [0.4, 0.5) is 0 Å². The summed E-state index contributed by atoms with van der Waals surface area (Å²) in [6, 6.07) is 3.89. The third-order valence-electron chi connectivity index (χ3n) is 4.97. The molecule has 3 fully saturated rings. The van der Waals surface area contributed by atoms with Gasteiger partial charge in [-0.2, -0.15) is 5.26 Å². The van der Waals surface area contributed by atoms with Crippen LogP contribution in [-0.2, 0) is 0 Å². The van der Waals surface area contributed by atoms with E-state index >= 15 is 0 Å². The smallest absolute Gasteiger partial charge is 0.108 e. The molecule has 1 aliphatic heterocycles. The van der Waals surface area contributed by atoms with Crippen molar-refractivity contribution in [2.45, 2.75) is 69.5 Å². The molecule has 3 heteroatoms. The van der Waals surface area contributed by atoms with Crippen molar-refractivity contribution < 1.29 is 0 Å². The van der Waals surface area contributed by atoms with Crippen LogP contribution in [-0.4, -0.2) is 35.6 Å². The maximum Gasteiger partial charge on any atom is 0.108 e. The molecule has 0 radical (unpaired) electrons. The molecule has 0 aromatic carbocycles. The van der Waals surface area contributed by atoms with Crippen molar-refractivity contribution in [1.82, 2.24) is 10.2 Å². The van der Waals surface area contributed by atoms with E-state index in [0.29, 0.717) is 12.1 Å². The van der Waals surface area contributed by atoms with Crippen LogP contribution < -0.4 is 5.32 Å². The van der Waals surface area contributed by atoms with Gasteiger partial charge in [-0.1, -0.05) is 6.92 Å². The van der Waals surface area contributed by atoms with E-state index < -0.39 is 0 Å². The van der Waals surface area contributed by atoms with Gasteiger partial charge in [0.15, 0.2) is 0 Å². The van der Waals surface area contributed by atoms with Gasteiger partial charge in [0.2, 0.25) is 0 Å². The highest BCUT2D eigenvalue weighted by atomic mass is 15.2. The summed E-state index contributed by atoms with van der Waals surface area (Å²) in [6.45, 7) is 4.86. The summed E-state index contributed by atoms with van der Waals surface area (Å²) < 4.78 is 0. The Labute approximate surface area is 111 Å². The van der Waals surface area contributed by atoms with E-state index in [0.717, 1.165) is 18.8 Å². The Bertz CT molecular complexity index is 344. The summed E-state index contributed by atoms with van der Waals surface area (Å²) in [6.07, 6.45) is 8.58. The van der Waals surface area contributed by atoms with Crippen molar-refractivity contribution in [2.24, 2.45) is 5.92 Å². The molecule has 2 saturated carbocycles. The van der Waals surface area contributed by atoms with Gasteiger partial charge in [0.25, 0.3) is 0 Å². The molecule has 3 nitrogen and oxygen atoms in total. The van der Waals surface area contributed by atoms with Crippen molar-refractivity contribution in [2.75, 3.05) is 13.1 Å². The quantitative estimate of drug-likeness (QED) is 0.831. The van der Waals surface area contributed by atoms with Crippen LogP contribution in [0.1, 0.15) is 51.9 Å². The van der Waals surface area contributed by atoms with E-state index in [1.54, 1.807) is 0 Å². The molecule has 18 heavy (non-hydrogen) atoms. The van der Waals surface area contributed by atoms with Crippen LogP contribution in [0.15, 0.2) is 0 Å². The minimum atomic E-state index is -0.202. The zero-order valence-electron chi connectivity index (χ0n) is 11.5. The van der Waals surface area contributed by atoms with Crippen LogP contribution in [0.3, 0.4) is 0 Å². The SMILES string of the molecule is CC1CCCN(C2CCC(C#N)(NC3CC3)C2)C1. The minimum absolute atomic E-state index is 0.202. The molecule has 1 heterocycles. The number of nitrogens with zero attached hydrogens (tertiary/aromatic N) is 2. The van der Waals surface area contributed by atoms with Crippen LogP contribution >= 0.6 is 0 Å². The number of likely N-dealkylation sites (tertiary alicyclic amines) is 1. The van der Waals surface area contributed by atoms with Gasteiger partial charge in [-0.3, -0.25) is 5.32 Å². The van der Waals surface area contributed by atoms with Gasteiger partial charge >= 0.3 is 0 Å². The third kappa shape index (κ3) is 2.55. The molecule has 3 atom stereocenters.